The summed E-state index contributed by atoms with van der Waals surface area (Å²) in [7, 11) is 0. The lowest BCUT2D eigenvalue weighted by Gasteiger charge is -2.32. The highest BCUT2D eigenvalue weighted by atomic mass is 14.3. The third-order valence-corrected chi connectivity index (χ3v) is 3.61. The number of fused-ring (bicyclic) bond motifs is 4. The van der Waals surface area contributed by atoms with Crippen molar-refractivity contribution in [2.24, 2.45) is 0 Å². The highest BCUT2D eigenvalue weighted by molar-refractivity contribution is 6.04. The van der Waals surface area contributed by atoms with Gasteiger partial charge in [-0.3, -0.25) is 0 Å². The van der Waals surface area contributed by atoms with E-state index in [1.807, 2.05) is 0 Å². The van der Waals surface area contributed by atoms with Crippen LogP contribution in [0.4, 0.5) is 0 Å². The predicted molar refractivity (Wildman–Crippen MR) is 74.3 cm³/mol. The zero-order valence-corrected chi connectivity index (χ0v) is 11.0. The van der Waals surface area contributed by atoms with E-state index in [1.54, 1.807) is 0 Å². The molecule has 17 heavy (non-hydrogen) atoms. The van der Waals surface area contributed by atoms with Gasteiger partial charge < -0.3 is 0 Å². The van der Waals surface area contributed by atoms with Crippen molar-refractivity contribution in [3.05, 3.63) is 47.5 Å². The van der Waals surface area contributed by atoms with E-state index < -0.39 is 0 Å². The van der Waals surface area contributed by atoms with E-state index in [2.05, 4.69) is 64.1 Å². The Labute approximate surface area is 103 Å². The lowest BCUT2D eigenvalue weighted by atomic mass is 9.71. The molecule has 0 saturated carbocycles. The van der Waals surface area contributed by atoms with Crippen LogP contribution in [0.1, 0.15) is 31.9 Å². The van der Waals surface area contributed by atoms with E-state index in [0.717, 1.165) is 0 Å². The van der Waals surface area contributed by atoms with Crippen molar-refractivity contribution in [3.8, 4) is 22.3 Å². The van der Waals surface area contributed by atoms with Crippen LogP contribution in [0.25, 0.3) is 22.3 Å². The van der Waals surface area contributed by atoms with E-state index in [4.69, 9.17) is 0 Å². The van der Waals surface area contributed by atoms with Gasteiger partial charge in [-0.05, 0) is 40.2 Å². The van der Waals surface area contributed by atoms with Gasteiger partial charge in [-0.15, -0.1) is 0 Å². The molecule has 1 aliphatic carbocycles. The highest BCUT2D eigenvalue weighted by Crippen LogP contribution is 2.51. The second-order valence-corrected chi connectivity index (χ2v) is 6.03. The van der Waals surface area contributed by atoms with Crippen LogP contribution in [0.3, 0.4) is 0 Å². The van der Waals surface area contributed by atoms with Crippen LogP contribution in [-0.2, 0) is 5.41 Å². The fourth-order valence-electron chi connectivity index (χ4n) is 2.73. The van der Waals surface area contributed by atoms with Crippen LogP contribution in [0.15, 0.2) is 36.4 Å². The number of benzene rings is 2. The number of hydrogen-bond acceptors (Lipinski definition) is 0. The molecular formula is C17H18. The van der Waals surface area contributed by atoms with Gasteiger partial charge >= 0.3 is 0 Å². The second-order valence-electron chi connectivity index (χ2n) is 6.03. The Kier molecular flexibility index (Phi) is 2.01. The monoisotopic (exact) mass is 222 g/mol. The fourth-order valence-corrected chi connectivity index (χ4v) is 2.73. The maximum absolute atomic E-state index is 2.31. The number of hydrogen-bond donors (Lipinski definition) is 0. The summed E-state index contributed by atoms with van der Waals surface area (Å²) in [5.41, 5.74) is 8.77. The zero-order chi connectivity index (χ0) is 12.2. The molecule has 0 aliphatic heterocycles. The molecule has 1 aliphatic rings. The molecule has 0 heterocycles. The molecule has 0 N–H and O–H groups in total. The van der Waals surface area contributed by atoms with Crippen molar-refractivity contribution in [1.29, 1.82) is 0 Å². The average Bonchev–Trinajstić information content (AvgIpc) is 2.24. The van der Waals surface area contributed by atoms with Crippen molar-refractivity contribution >= 4 is 0 Å². The van der Waals surface area contributed by atoms with Crippen LogP contribution in [0.2, 0.25) is 0 Å². The SMILES string of the molecule is Cc1ccc2c(c1)-c1c-2cccc1C(C)(C)C. The van der Waals surface area contributed by atoms with Gasteiger partial charge in [-0.25, -0.2) is 0 Å². The largest absolute Gasteiger partial charge is 0.0613 e. The lowest BCUT2D eigenvalue weighted by molar-refractivity contribution is 0.591. The Morgan fingerprint density at radius 1 is 0.824 bits per heavy atom. The minimum Gasteiger partial charge on any atom is -0.0613 e. The van der Waals surface area contributed by atoms with Crippen molar-refractivity contribution in [2.45, 2.75) is 33.1 Å². The molecule has 0 nitrogen and oxygen atoms in total. The molecule has 2 aromatic rings. The molecule has 0 atom stereocenters. The van der Waals surface area contributed by atoms with Crippen LogP contribution < -0.4 is 0 Å². The standard InChI is InChI=1S/C17H18/c1-11-8-9-12-13-6-5-7-15(17(2,3)4)16(13)14(12)10-11/h5-10H,1-4H3. The van der Waals surface area contributed by atoms with E-state index in [-0.39, 0.29) is 5.41 Å². The third kappa shape index (κ3) is 1.44. The third-order valence-electron chi connectivity index (χ3n) is 3.61. The number of rotatable bonds is 0. The Bertz CT molecular complexity index is 598. The molecule has 2 aromatic carbocycles. The topological polar surface area (TPSA) is 0 Å². The van der Waals surface area contributed by atoms with Gasteiger partial charge in [-0.1, -0.05) is 62.7 Å². The quantitative estimate of drug-likeness (QED) is 0.505. The molecule has 86 valence electrons. The van der Waals surface area contributed by atoms with Gasteiger partial charge in [0.1, 0.15) is 0 Å². The molecule has 0 bridgehead atoms. The molecule has 3 rings (SSSR count). The summed E-state index contributed by atoms with van der Waals surface area (Å²) >= 11 is 0. The molecule has 0 spiro atoms. The van der Waals surface area contributed by atoms with Gasteiger partial charge in [0.15, 0.2) is 0 Å². The summed E-state index contributed by atoms with van der Waals surface area (Å²) in [5, 5.41) is 0. The van der Waals surface area contributed by atoms with Gasteiger partial charge in [0, 0.05) is 0 Å². The molecule has 0 fully saturated rings. The normalized spacial score (nSPS) is 12.7. The Morgan fingerprint density at radius 3 is 2.29 bits per heavy atom. The predicted octanol–water partition coefficient (Wildman–Crippen LogP) is 4.94. The van der Waals surface area contributed by atoms with Crippen molar-refractivity contribution < 1.29 is 0 Å². The van der Waals surface area contributed by atoms with Crippen LogP contribution in [0.5, 0.6) is 0 Å². The first-order valence-electron chi connectivity index (χ1n) is 6.23. The Balaban J connectivity index is 2.26. The van der Waals surface area contributed by atoms with Gasteiger partial charge in [0.2, 0.25) is 0 Å². The molecule has 0 saturated heterocycles. The lowest BCUT2D eigenvalue weighted by Crippen LogP contribution is -2.16. The van der Waals surface area contributed by atoms with Gasteiger partial charge in [0.05, 0.1) is 0 Å². The first-order chi connectivity index (χ1) is 7.98. The molecule has 0 radical (unpaired) electrons. The fraction of sp³-hybridized carbons (Fsp3) is 0.294. The van der Waals surface area contributed by atoms with Crippen molar-refractivity contribution in [1.82, 2.24) is 0 Å². The van der Waals surface area contributed by atoms with Crippen LogP contribution in [0, 0.1) is 6.92 Å². The minimum absolute atomic E-state index is 0.215. The smallest absolute Gasteiger partial charge is 0.00614 e. The van der Waals surface area contributed by atoms with Crippen molar-refractivity contribution in [2.75, 3.05) is 0 Å². The summed E-state index contributed by atoms with van der Waals surface area (Å²) in [6, 6.07) is 13.5. The highest BCUT2D eigenvalue weighted by Gasteiger charge is 2.29. The Morgan fingerprint density at radius 2 is 1.59 bits per heavy atom. The van der Waals surface area contributed by atoms with E-state index >= 15 is 0 Å². The minimum atomic E-state index is 0.215. The summed E-state index contributed by atoms with van der Waals surface area (Å²) in [5.74, 6) is 0. The van der Waals surface area contributed by atoms with Crippen LogP contribution >= 0.6 is 0 Å². The van der Waals surface area contributed by atoms with E-state index in [9.17, 15) is 0 Å². The molecular weight excluding hydrogens is 204 g/mol. The van der Waals surface area contributed by atoms with E-state index in [0.29, 0.717) is 0 Å². The first kappa shape index (κ1) is 10.6. The maximum atomic E-state index is 2.31. The summed E-state index contributed by atoms with van der Waals surface area (Å²) < 4.78 is 0. The first-order valence-corrected chi connectivity index (χ1v) is 6.23. The maximum Gasteiger partial charge on any atom is -0.00614 e. The van der Waals surface area contributed by atoms with Crippen LogP contribution in [-0.4, -0.2) is 0 Å². The van der Waals surface area contributed by atoms with Crippen molar-refractivity contribution in [3.63, 3.8) is 0 Å². The van der Waals surface area contributed by atoms with Gasteiger partial charge in [-0.2, -0.15) is 0 Å². The second kappa shape index (κ2) is 3.22. The molecule has 0 amide bonds. The van der Waals surface area contributed by atoms with Gasteiger partial charge in [0.25, 0.3) is 0 Å². The summed E-state index contributed by atoms with van der Waals surface area (Å²) in [4.78, 5) is 0. The Hall–Kier alpha value is -1.56. The molecule has 0 heteroatoms. The summed E-state index contributed by atoms with van der Waals surface area (Å²) in [6.07, 6.45) is 0. The van der Waals surface area contributed by atoms with E-state index in [1.165, 1.54) is 33.4 Å². The zero-order valence-electron chi connectivity index (χ0n) is 11.0. The molecule has 0 aromatic heterocycles. The number of aryl methyl sites for hydroxylation is 1. The molecule has 0 unspecified atom stereocenters. The summed E-state index contributed by atoms with van der Waals surface area (Å²) in [6.45, 7) is 9.03. The average molecular weight is 222 g/mol.